The molecule has 3 heteroatoms. The van der Waals surface area contributed by atoms with E-state index in [9.17, 15) is 0 Å². The molecule has 2 atom stereocenters. The summed E-state index contributed by atoms with van der Waals surface area (Å²) in [4.78, 5) is 0. The van der Waals surface area contributed by atoms with Crippen molar-refractivity contribution in [3.63, 3.8) is 0 Å². The maximum absolute atomic E-state index is 6.05. The molecule has 21 heavy (non-hydrogen) atoms. The average molecular weight is 291 g/mol. The van der Waals surface area contributed by atoms with Gasteiger partial charge in [0.15, 0.2) is 0 Å². The van der Waals surface area contributed by atoms with Crippen LogP contribution in [0.15, 0.2) is 18.2 Å². The van der Waals surface area contributed by atoms with E-state index in [0.717, 1.165) is 38.3 Å². The fourth-order valence-corrected chi connectivity index (χ4v) is 2.91. The molecule has 0 radical (unpaired) electrons. The molecular formula is C18H29NO2. The van der Waals surface area contributed by atoms with E-state index < -0.39 is 0 Å². The topological polar surface area (TPSA) is 30.5 Å². The molecular weight excluding hydrogens is 262 g/mol. The van der Waals surface area contributed by atoms with Gasteiger partial charge >= 0.3 is 0 Å². The molecule has 3 nitrogen and oxygen atoms in total. The van der Waals surface area contributed by atoms with E-state index in [2.05, 4.69) is 44.3 Å². The van der Waals surface area contributed by atoms with Crippen LogP contribution in [0, 0.1) is 6.92 Å². The number of aryl methyl sites for hydroxylation is 1. The van der Waals surface area contributed by atoms with E-state index in [1.807, 2.05) is 0 Å². The van der Waals surface area contributed by atoms with Crippen LogP contribution in [-0.4, -0.2) is 25.9 Å². The van der Waals surface area contributed by atoms with Crippen LogP contribution in [0.25, 0.3) is 0 Å². The molecule has 0 bridgehead atoms. The molecule has 1 fully saturated rings. The zero-order valence-corrected chi connectivity index (χ0v) is 13.7. The molecule has 1 aromatic carbocycles. The summed E-state index contributed by atoms with van der Waals surface area (Å²) in [5.41, 5.74) is 2.50. The highest BCUT2D eigenvalue weighted by atomic mass is 16.5. The molecule has 2 rings (SSSR count). The van der Waals surface area contributed by atoms with Crippen LogP contribution in [0.1, 0.15) is 56.7 Å². The van der Waals surface area contributed by atoms with Crippen LogP contribution < -0.4 is 10.1 Å². The first-order valence-corrected chi connectivity index (χ1v) is 8.29. The van der Waals surface area contributed by atoms with Gasteiger partial charge in [0, 0.05) is 18.2 Å². The number of hydrogen-bond donors (Lipinski definition) is 1. The minimum Gasteiger partial charge on any atom is -0.493 e. The first-order valence-electron chi connectivity index (χ1n) is 8.29. The van der Waals surface area contributed by atoms with Crippen molar-refractivity contribution in [1.82, 2.24) is 5.32 Å². The van der Waals surface area contributed by atoms with Crippen LogP contribution in [0.4, 0.5) is 0 Å². The SMILES string of the molecule is CCNC(C)c1ccc(C)cc1OCCCC1CCCO1. The molecule has 0 spiro atoms. The Hall–Kier alpha value is -1.06. The van der Waals surface area contributed by atoms with Crippen molar-refractivity contribution < 1.29 is 9.47 Å². The van der Waals surface area contributed by atoms with Crippen molar-refractivity contribution >= 4 is 0 Å². The highest BCUT2D eigenvalue weighted by Gasteiger charge is 2.15. The van der Waals surface area contributed by atoms with Crippen molar-refractivity contribution in [2.45, 2.75) is 58.6 Å². The molecule has 1 aromatic rings. The molecule has 0 aromatic heterocycles. The molecule has 1 N–H and O–H groups in total. The minimum atomic E-state index is 0.323. The Balaban J connectivity index is 1.86. The average Bonchev–Trinajstić information content (AvgIpc) is 2.97. The number of ether oxygens (including phenoxy) is 2. The van der Waals surface area contributed by atoms with E-state index in [1.54, 1.807) is 0 Å². The van der Waals surface area contributed by atoms with Crippen LogP contribution in [0.5, 0.6) is 5.75 Å². The molecule has 2 unspecified atom stereocenters. The first-order chi connectivity index (χ1) is 10.2. The Labute approximate surface area is 129 Å². The molecule has 1 aliphatic heterocycles. The lowest BCUT2D eigenvalue weighted by atomic mass is 10.0. The summed E-state index contributed by atoms with van der Waals surface area (Å²) in [6.45, 7) is 9.11. The fraction of sp³-hybridized carbons (Fsp3) is 0.667. The first kappa shape index (κ1) is 16.3. The van der Waals surface area contributed by atoms with Gasteiger partial charge in [0.25, 0.3) is 0 Å². The van der Waals surface area contributed by atoms with Gasteiger partial charge < -0.3 is 14.8 Å². The predicted octanol–water partition coefficient (Wildman–Crippen LogP) is 4.00. The summed E-state index contributed by atoms with van der Waals surface area (Å²) in [7, 11) is 0. The molecule has 0 amide bonds. The van der Waals surface area contributed by atoms with Crippen molar-refractivity contribution in [3.05, 3.63) is 29.3 Å². The van der Waals surface area contributed by atoms with Gasteiger partial charge in [-0.15, -0.1) is 0 Å². The summed E-state index contributed by atoms with van der Waals surface area (Å²) in [5, 5.41) is 3.46. The van der Waals surface area contributed by atoms with Crippen LogP contribution in [-0.2, 0) is 4.74 Å². The number of hydrogen-bond acceptors (Lipinski definition) is 3. The van der Waals surface area contributed by atoms with E-state index in [4.69, 9.17) is 9.47 Å². The van der Waals surface area contributed by atoms with Crippen LogP contribution in [0.2, 0.25) is 0 Å². The van der Waals surface area contributed by atoms with Gasteiger partial charge in [0.1, 0.15) is 5.75 Å². The second-order valence-electron chi connectivity index (χ2n) is 5.95. The monoisotopic (exact) mass is 291 g/mol. The molecule has 1 saturated heterocycles. The van der Waals surface area contributed by atoms with Crippen molar-refractivity contribution in [2.75, 3.05) is 19.8 Å². The van der Waals surface area contributed by atoms with Gasteiger partial charge in [0.05, 0.1) is 12.7 Å². The lowest BCUT2D eigenvalue weighted by Crippen LogP contribution is -2.18. The highest BCUT2D eigenvalue weighted by Crippen LogP contribution is 2.27. The van der Waals surface area contributed by atoms with Gasteiger partial charge in [-0.25, -0.2) is 0 Å². The summed E-state index contributed by atoms with van der Waals surface area (Å²) in [5.74, 6) is 1.02. The Kier molecular flexibility index (Phi) is 6.52. The summed E-state index contributed by atoms with van der Waals surface area (Å²) in [6.07, 6.45) is 5.07. The predicted molar refractivity (Wildman–Crippen MR) is 87.0 cm³/mol. The van der Waals surface area contributed by atoms with Crippen LogP contribution in [0.3, 0.4) is 0 Å². The minimum absolute atomic E-state index is 0.323. The third kappa shape index (κ3) is 5.01. The van der Waals surface area contributed by atoms with E-state index in [1.165, 1.54) is 24.0 Å². The Morgan fingerprint density at radius 3 is 3.00 bits per heavy atom. The lowest BCUT2D eigenvalue weighted by Gasteiger charge is -2.18. The largest absolute Gasteiger partial charge is 0.493 e. The van der Waals surface area contributed by atoms with Crippen LogP contribution >= 0.6 is 0 Å². The number of nitrogens with one attached hydrogen (secondary N) is 1. The standard InChI is InChI=1S/C18H29NO2/c1-4-19-15(3)17-10-9-14(2)13-18(17)21-12-6-8-16-7-5-11-20-16/h9-10,13,15-16,19H,4-8,11-12H2,1-3H3. The number of benzene rings is 1. The van der Waals surface area contributed by atoms with Gasteiger partial charge in [-0.2, -0.15) is 0 Å². The molecule has 0 saturated carbocycles. The maximum Gasteiger partial charge on any atom is 0.124 e. The smallest absolute Gasteiger partial charge is 0.124 e. The summed E-state index contributed by atoms with van der Waals surface area (Å²) in [6, 6.07) is 6.80. The zero-order chi connectivity index (χ0) is 15.1. The third-order valence-electron chi connectivity index (χ3n) is 4.10. The Morgan fingerprint density at radius 2 is 2.29 bits per heavy atom. The molecule has 118 valence electrons. The van der Waals surface area contributed by atoms with E-state index in [-0.39, 0.29) is 0 Å². The van der Waals surface area contributed by atoms with Gasteiger partial charge in [0.2, 0.25) is 0 Å². The van der Waals surface area contributed by atoms with Crippen molar-refractivity contribution in [2.24, 2.45) is 0 Å². The van der Waals surface area contributed by atoms with Crippen molar-refractivity contribution in [3.8, 4) is 5.75 Å². The zero-order valence-electron chi connectivity index (χ0n) is 13.7. The van der Waals surface area contributed by atoms with Gasteiger partial charge in [-0.3, -0.25) is 0 Å². The maximum atomic E-state index is 6.05. The highest BCUT2D eigenvalue weighted by molar-refractivity contribution is 5.39. The quantitative estimate of drug-likeness (QED) is 0.734. The Morgan fingerprint density at radius 1 is 1.43 bits per heavy atom. The summed E-state index contributed by atoms with van der Waals surface area (Å²) >= 11 is 0. The van der Waals surface area contributed by atoms with Gasteiger partial charge in [-0.1, -0.05) is 19.1 Å². The Bertz CT molecular complexity index is 427. The van der Waals surface area contributed by atoms with Crippen molar-refractivity contribution in [1.29, 1.82) is 0 Å². The number of rotatable bonds is 8. The second kappa shape index (κ2) is 8.40. The fourth-order valence-electron chi connectivity index (χ4n) is 2.91. The third-order valence-corrected chi connectivity index (χ3v) is 4.10. The lowest BCUT2D eigenvalue weighted by molar-refractivity contribution is 0.0980. The van der Waals surface area contributed by atoms with Gasteiger partial charge in [-0.05, 0) is 57.7 Å². The summed E-state index contributed by atoms with van der Waals surface area (Å²) < 4.78 is 11.7. The molecule has 0 aliphatic carbocycles. The molecule has 1 aliphatic rings. The van der Waals surface area contributed by atoms with E-state index in [0.29, 0.717) is 12.1 Å². The van der Waals surface area contributed by atoms with E-state index >= 15 is 0 Å². The second-order valence-corrected chi connectivity index (χ2v) is 5.95. The molecule has 1 heterocycles. The normalized spacial score (nSPS) is 19.7.